The molecule has 0 spiro atoms. The van der Waals surface area contributed by atoms with E-state index in [-0.39, 0.29) is 30.3 Å². The number of methoxy groups -OCH3 is 2. The van der Waals surface area contributed by atoms with Crippen molar-refractivity contribution < 1.29 is 33.5 Å². The van der Waals surface area contributed by atoms with E-state index in [4.69, 9.17) is 15.2 Å². The summed E-state index contributed by atoms with van der Waals surface area (Å²) >= 11 is 0. The minimum atomic E-state index is -0.739. The second kappa shape index (κ2) is 16.1. The molecule has 0 saturated carbocycles. The first-order chi connectivity index (χ1) is 19.3. The van der Waals surface area contributed by atoms with Gasteiger partial charge in [0.05, 0.1) is 24.7 Å². The summed E-state index contributed by atoms with van der Waals surface area (Å²) in [4.78, 5) is 33.3. The summed E-state index contributed by atoms with van der Waals surface area (Å²) in [7, 11) is 2.51. The van der Waals surface area contributed by atoms with Gasteiger partial charge in [0.15, 0.2) is 0 Å². The highest BCUT2D eigenvalue weighted by atomic mass is 35.5. The number of para-hydroxylation sites is 2. The highest BCUT2D eigenvalue weighted by molar-refractivity contribution is 5.95. The van der Waals surface area contributed by atoms with Crippen LogP contribution in [0.4, 0.5) is 11.4 Å². The smallest absolute Gasteiger partial charge is 0.344 e. The molecule has 0 heterocycles. The van der Waals surface area contributed by atoms with Gasteiger partial charge in [0.25, 0.3) is 5.69 Å². The standard InChI is InChI=1S/C15H13NO5.C15H15NO3.ClH/c1-20-15(17)13-8-7-11(9-14(13)16(18)19)10-21-12-5-3-2-4-6-12;1-18-15(17)13-8-7-11(9-14(13)16)10-19-12-5-3-2-4-6-12;/h2-9H,10H2,1H3;2-9H,10,16H2,1H3;1H. The summed E-state index contributed by atoms with van der Waals surface area (Å²) < 4.78 is 20.3. The van der Waals surface area contributed by atoms with Gasteiger partial charge in [-0.2, -0.15) is 0 Å². The lowest BCUT2D eigenvalue weighted by Gasteiger charge is -2.08. The lowest BCUT2D eigenvalue weighted by atomic mass is 10.1. The normalized spacial score (nSPS) is 9.71. The Kier molecular flexibility index (Phi) is 12.6. The minimum absolute atomic E-state index is 0. The number of ether oxygens (including phenoxy) is 4. The zero-order chi connectivity index (χ0) is 28.9. The molecule has 2 N–H and O–H groups in total. The average molecular weight is 581 g/mol. The number of esters is 2. The number of carbonyl (C=O) groups excluding carboxylic acids is 2. The lowest BCUT2D eigenvalue weighted by molar-refractivity contribution is -0.385. The fourth-order valence-electron chi connectivity index (χ4n) is 3.47. The first-order valence-corrected chi connectivity index (χ1v) is 12.0. The highest BCUT2D eigenvalue weighted by Crippen LogP contribution is 2.22. The van der Waals surface area contributed by atoms with Crippen LogP contribution in [-0.2, 0) is 22.7 Å². The topological polar surface area (TPSA) is 140 Å². The zero-order valence-electron chi connectivity index (χ0n) is 22.4. The lowest BCUT2D eigenvalue weighted by Crippen LogP contribution is -2.07. The summed E-state index contributed by atoms with van der Waals surface area (Å²) in [6.07, 6.45) is 0. The van der Waals surface area contributed by atoms with Crippen molar-refractivity contribution >= 4 is 35.7 Å². The first-order valence-electron chi connectivity index (χ1n) is 12.0. The van der Waals surface area contributed by atoms with Gasteiger partial charge in [0.1, 0.15) is 30.3 Å². The molecule has 0 aliphatic heterocycles. The summed E-state index contributed by atoms with van der Waals surface area (Å²) in [6.45, 7) is 0.571. The van der Waals surface area contributed by atoms with Crippen LogP contribution in [0.1, 0.15) is 31.8 Å². The van der Waals surface area contributed by atoms with E-state index in [1.165, 1.54) is 26.4 Å². The van der Waals surface area contributed by atoms with Gasteiger partial charge in [-0.1, -0.05) is 48.5 Å². The quantitative estimate of drug-likeness (QED) is 0.109. The molecule has 0 fully saturated rings. The van der Waals surface area contributed by atoms with E-state index in [0.717, 1.165) is 11.3 Å². The monoisotopic (exact) mass is 580 g/mol. The highest BCUT2D eigenvalue weighted by Gasteiger charge is 2.21. The molecule has 0 unspecified atom stereocenters. The molecule has 0 bridgehead atoms. The van der Waals surface area contributed by atoms with Gasteiger partial charge in [-0.15, -0.1) is 12.4 Å². The third kappa shape index (κ3) is 9.55. The molecule has 0 aromatic heterocycles. The van der Waals surface area contributed by atoms with Crippen molar-refractivity contribution in [1.82, 2.24) is 0 Å². The number of nitrogen functional groups attached to an aromatic ring is 1. The van der Waals surface area contributed by atoms with Crippen LogP contribution in [-0.4, -0.2) is 31.1 Å². The maximum atomic E-state index is 11.5. The van der Waals surface area contributed by atoms with Gasteiger partial charge in [0, 0.05) is 11.8 Å². The Labute approximate surface area is 243 Å². The van der Waals surface area contributed by atoms with E-state index in [9.17, 15) is 19.7 Å². The molecule has 0 aliphatic carbocycles. The van der Waals surface area contributed by atoms with Crippen LogP contribution >= 0.6 is 12.4 Å². The van der Waals surface area contributed by atoms with Crippen LogP contribution in [0.25, 0.3) is 0 Å². The van der Waals surface area contributed by atoms with Crippen LogP contribution in [0, 0.1) is 10.1 Å². The number of benzene rings is 4. The van der Waals surface area contributed by atoms with Gasteiger partial charge < -0.3 is 24.7 Å². The third-order valence-electron chi connectivity index (χ3n) is 5.48. The van der Waals surface area contributed by atoms with Crippen molar-refractivity contribution in [2.45, 2.75) is 13.2 Å². The van der Waals surface area contributed by atoms with Crippen LogP contribution in [0.5, 0.6) is 11.5 Å². The summed E-state index contributed by atoms with van der Waals surface area (Å²) in [5, 5.41) is 11.0. The molecular formula is C30H29ClN2O8. The molecule has 10 nitrogen and oxygen atoms in total. The van der Waals surface area contributed by atoms with Crippen LogP contribution in [0.3, 0.4) is 0 Å². The van der Waals surface area contributed by atoms with E-state index >= 15 is 0 Å². The van der Waals surface area contributed by atoms with Crippen molar-refractivity contribution in [3.8, 4) is 11.5 Å². The molecule has 11 heteroatoms. The summed E-state index contributed by atoms with van der Waals surface area (Å²) in [5.41, 5.74) is 7.69. The molecule has 4 aromatic rings. The van der Waals surface area contributed by atoms with Crippen LogP contribution in [0.2, 0.25) is 0 Å². The number of hydrogen-bond acceptors (Lipinski definition) is 9. The number of nitro groups is 1. The number of hydrogen-bond donors (Lipinski definition) is 1. The Morgan fingerprint density at radius 2 is 1.15 bits per heavy atom. The number of nitrogens with zero attached hydrogens (tertiary/aromatic N) is 1. The van der Waals surface area contributed by atoms with E-state index in [2.05, 4.69) is 9.47 Å². The average Bonchev–Trinajstić information content (AvgIpc) is 2.99. The number of anilines is 1. The molecule has 0 amide bonds. The second-order valence-corrected chi connectivity index (χ2v) is 8.22. The summed E-state index contributed by atoms with van der Waals surface area (Å²) in [5.74, 6) is 0.278. The number of nitrogens with two attached hydrogens (primary N) is 1. The van der Waals surface area contributed by atoms with Gasteiger partial charge >= 0.3 is 11.9 Å². The molecule has 4 aromatic carbocycles. The molecular weight excluding hydrogens is 552 g/mol. The van der Waals surface area contributed by atoms with E-state index < -0.39 is 16.9 Å². The molecule has 41 heavy (non-hydrogen) atoms. The van der Waals surface area contributed by atoms with E-state index in [1.807, 2.05) is 48.5 Å². The Balaban J connectivity index is 0.000000281. The van der Waals surface area contributed by atoms with Gasteiger partial charge in [-0.3, -0.25) is 10.1 Å². The van der Waals surface area contributed by atoms with Gasteiger partial charge in [-0.05, 0) is 53.6 Å². The van der Waals surface area contributed by atoms with Crippen molar-refractivity contribution in [2.75, 3.05) is 20.0 Å². The Morgan fingerprint density at radius 3 is 1.59 bits per heavy atom. The number of carbonyl (C=O) groups is 2. The van der Waals surface area contributed by atoms with Crippen molar-refractivity contribution in [2.24, 2.45) is 0 Å². The van der Waals surface area contributed by atoms with Gasteiger partial charge in [0.2, 0.25) is 0 Å². The fourth-order valence-corrected chi connectivity index (χ4v) is 3.47. The van der Waals surface area contributed by atoms with E-state index in [1.54, 1.807) is 36.4 Å². The Hall–Kier alpha value is -5.09. The Morgan fingerprint density at radius 1 is 0.707 bits per heavy atom. The van der Waals surface area contributed by atoms with E-state index in [0.29, 0.717) is 29.2 Å². The zero-order valence-corrected chi connectivity index (χ0v) is 23.2. The first kappa shape index (κ1) is 32.1. The molecule has 4 rings (SSSR count). The largest absolute Gasteiger partial charge is 0.489 e. The predicted octanol–water partition coefficient (Wildman–Crippen LogP) is 6.02. The minimum Gasteiger partial charge on any atom is -0.489 e. The van der Waals surface area contributed by atoms with Gasteiger partial charge in [-0.25, -0.2) is 9.59 Å². The predicted molar refractivity (Wildman–Crippen MR) is 155 cm³/mol. The van der Waals surface area contributed by atoms with Crippen LogP contribution < -0.4 is 15.2 Å². The van der Waals surface area contributed by atoms with Crippen LogP contribution in [0.15, 0.2) is 97.1 Å². The van der Waals surface area contributed by atoms with Crippen molar-refractivity contribution in [3.05, 3.63) is 129 Å². The molecule has 0 aliphatic rings. The second-order valence-electron chi connectivity index (χ2n) is 8.22. The Bertz CT molecular complexity index is 1450. The fraction of sp³-hybridized carbons (Fsp3) is 0.133. The maximum Gasteiger partial charge on any atom is 0.344 e. The SMILES string of the molecule is COC(=O)c1ccc(COc2ccccc2)cc1N.COC(=O)c1ccc(COc2ccccc2)cc1[N+](=O)[O-].Cl. The molecule has 0 radical (unpaired) electrons. The maximum absolute atomic E-state index is 11.5. The number of halogens is 1. The molecule has 0 saturated heterocycles. The third-order valence-corrected chi connectivity index (χ3v) is 5.48. The number of nitro benzene ring substituents is 1. The molecule has 214 valence electrons. The van der Waals surface area contributed by atoms with Crippen molar-refractivity contribution in [3.63, 3.8) is 0 Å². The number of rotatable bonds is 9. The summed E-state index contributed by atoms with van der Waals surface area (Å²) in [6, 6.07) is 28.0. The van der Waals surface area contributed by atoms with Crippen molar-refractivity contribution in [1.29, 1.82) is 0 Å². The molecule has 0 atom stereocenters.